The number of aromatic amines is 1. The molecule has 0 aliphatic heterocycles. The Bertz CT molecular complexity index is 1260. The van der Waals surface area contributed by atoms with Gasteiger partial charge in [0.1, 0.15) is 23.1 Å². The predicted molar refractivity (Wildman–Crippen MR) is 115 cm³/mol. The fraction of sp³-hybridized carbons (Fsp3) is 0.143. The van der Waals surface area contributed by atoms with Crippen molar-refractivity contribution in [2.45, 2.75) is 13.8 Å². The van der Waals surface area contributed by atoms with Crippen molar-refractivity contribution in [2.24, 2.45) is 0 Å². The highest BCUT2D eigenvalue weighted by molar-refractivity contribution is 9.10. The molecule has 9 heteroatoms. The Kier molecular flexibility index (Phi) is 5.45. The summed E-state index contributed by atoms with van der Waals surface area (Å²) in [4.78, 5) is 29.1. The van der Waals surface area contributed by atoms with Crippen molar-refractivity contribution in [3.8, 4) is 17.1 Å². The Morgan fingerprint density at radius 2 is 2.10 bits per heavy atom. The van der Waals surface area contributed by atoms with E-state index in [1.807, 2.05) is 13.8 Å². The number of carbonyl (C=O) groups is 1. The summed E-state index contributed by atoms with van der Waals surface area (Å²) in [6, 6.07) is 7.79. The van der Waals surface area contributed by atoms with E-state index < -0.39 is 5.91 Å². The molecule has 3 aromatic heterocycles. The fourth-order valence-corrected chi connectivity index (χ4v) is 3.50. The topological polar surface area (TPSA) is 92.8 Å². The molecule has 0 saturated carbocycles. The van der Waals surface area contributed by atoms with Gasteiger partial charge in [0.05, 0.1) is 28.4 Å². The molecule has 0 radical (unpaired) electrons. The molecule has 0 aliphatic rings. The number of nitrogens with one attached hydrogen (secondary N) is 2. The summed E-state index contributed by atoms with van der Waals surface area (Å²) in [6.07, 6.45) is 3.06. The number of halogens is 2. The smallest absolute Gasteiger partial charge is 0.259 e. The molecular formula is C21H17BrFN5O2. The van der Waals surface area contributed by atoms with Gasteiger partial charge in [0.25, 0.3) is 5.91 Å². The van der Waals surface area contributed by atoms with E-state index in [1.54, 1.807) is 24.4 Å². The quantitative estimate of drug-likeness (QED) is 0.434. The first-order valence-corrected chi connectivity index (χ1v) is 9.96. The summed E-state index contributed by atoms with van der Waals surface area (Å²) in [5, 5.41) is 2.84. The Hall–Kier alpha value is -3.33. The second kappa shape index (κ2) is 8.19. The van der Waals surface area contributed by atoms with E-state index >= 15 is 0 Å². The number of hydrogen-bond acceptors (Lipinski definition) is 5. The van der Waals surface area contributed by atoms with Gasteiger partial charge in [0, 0.05) is 23.5 Å². The molecular weight excluding hydrogens is 453 g/mol. The summed E-state index contributed by atoms with van der Waals surface area (Å²) < 4.78 is 19.7. The van der Waals surface area contributed by atoms with Gasteiger partial charge >= 0.3 is 0 Å². The van der Waals surface area contributed by atoms with Crippen LogP contribution in [-0.2, 0) is 0 Å². The summed E-state index contributed by atoms with van der Waals surface area (Å²) in [7, 11) is 0. The zero-order valence-corrected chi connectivity index (χ0v) is 17.7. The molecule has 0 atom stereocenters. The molecule has 152 valence electrons. The molecule has 0 saturated heterocycles. The minimum Gasteiger partial charge on any atom is -0.492 e. The van der Waals surface area contributed by atoms with Crippen LogP contribution in [0.15, 0.2) is 47.2 Å². The number of aryl methyl sites for hydroxylation is 1. The minimum absolute atomic E-state index is 0.318. The number of aromatic nitrogens is 4. The van der Waals surface area contributed by atoms with E-state index in [9.17, 15) is 9.18 Å². The number of pyridine rings is 2. The number of H-pyrrole nitrogens is 1. The van der Waals surface area contributed by atoms with Crippen molar-refractivity contribution in [3.05, 3.63) is 64.3 Å². The minimum atomic E-state index is -0.393. The molecule has 1 amide bonds. The average Bonchev–Trinajstić information content (AvgIpc) is 3.14. The van der Waals surface area contributed by atoms with Crippen LogP contribution in [0.25, 0.3) is 22.6 Å². The molecule has 0 fully saturated rings. The van der Waals surface area contributed by atoms with Crippen molar-refractivity contribution < 1.29 is 13.9 Å². The third-order valence-corrected chi connectivity index (χ3v) is 4.95. The first-order valence-electron chi connectivity index (χ1n) is 9.17. The van der Waals surface area contributed by atoms with Crippen LogP contribution in [0.5, 0.6) is 5.75 Å². The molecule has 30 heavy (non-hydrogen) atoms. The number of nitrogens with zero attached hydrogens (tertiary/aromatic N) is 3. The number of benzene rings is 1. The van der Waals surface area contributed by atoms with Crippen LogP contribution in [0.4, 0.5) is 10.1 Å². The predicted octanol–water partition coefficient (Wildman–Crippen LogP) is 4.88. The first-order chi connectivity index (χ1) is 14.5. The number of carbonyl (C=O) groups excluding carboxylic acids is 1. The number of ether oxygens (including phenoxy) is 1. The van der Waals surface area contributed by atoms with Gasteiger partial charge in [0.2, 0.25) is 0 Å². The van der Waals surface area contributed by atoms with Crippen LogP contribution in [0.1, 0.15) is 23.0 Å². The van der Waals surface area contributed by atoms with Gasteiger partial charge in [-0.05, 0) is 41.9 Å². The standard InChI is InChI=1S/C21H17BrFN5O2/c1-3-30-16-7-11(2)24-10-15(16)26-21(29)17-14(22)9-25-20-18(17)27-19(28-20)12-5-4-6-13(23)8-12/h4-10H,3H2,1-2H3,(H,26,29)(H,25,27,28). The van der Waals surface area contributed by atoms with Gasteiger partial charge < -0.3 is 15.0 Å². The maximum absolute atomic E-state index is 13.6. The number of hydrogen-bond donors (Lipinski definition) is 2. The SMILES string of the molecule is CCOc1cc(C)ncc1NC(=O)c1c(Br)cnc2nc(-c3cccc(F)c3)[nH]c12. The van der Waals surface area contributed by atoms with E-state index in [0.717, 1.165) is 5.69 Å². The first kappa shape index (κ1) is 20.0. The number of imidazole rings is 1. The van der Waals surface area contributed by atoms with E-state index in [1.165, 1.54) is 18.3 Å². The van der Waals surface area contributed by atoms with Gasteiger partial charge in [-0.1, -0.05) is 12.1 Å². The van der Waals surface area contributed by atoms with E-state index in [-0.39, 0.29) is 5.82 Å². The van der Waals surface area contributed by atoms with Crippen LogP contribution in [-0.4, -0.2) is 32.4 Å². The lowest BCUT2D eigenvalue weighted by Gasteiger charge is -2.12. The number of fused-ring (bicyclic) bond motifs is 1. The summed E-state index contributed by atoms with van der Waals surface area (Å²) >= 11 is 3.39. The maximum Gasteiger partial charge on any atom is 0.259 e. The lowest BCUT2D eigenvalue weighted by molar-refractivity contribution is 0.102. The normalized spacial score (nSPS) is 10.9. The number of rotatable bonds is 5. The van der Waals surface area contributed by atoms with Gasteiger partial charge in [-0.15, -0.1) is 0 Å². The largest absolute Gasteiger partial charge is 0.492 e. The van der Waals surface area contributed by atoms with E-state index in [4.69, 9.17) is 4.74 Å². The highest BCUT2D eigenvalue weighted by Crippen LogP contribution is 2.29. The average molecular weight is 470 g/mol. The summed E-state index contributed by atoms with van der Waals surface area (Å²) in [5.74, 6) is 0.173. The molecule has 4 aromatic rings. The van der Waals surface area contributed by atoms with Gasteiger partial charge in [-0.2, -0.15) is 0 Å². The van der Waals surface area contributed by atoms with Gasteiger partial charge in [-0.25, -0.2) is 14.4 Å². The summed E-state index contributed by atoms with van der Waals surface area (Å²) in [6.45, 7) is 4.16. The maximum atomic E-state index is 13.6. The van der Waals surface area contributed by atoms with Crippen molar-refractivity contribution in [1.29, 1.82) is 0 Å². The Balaban J connectivity index is 1.75. The monoisotopic (exact) mass is 469 g/mol. The molecule has 0 unspecified atom stereocenters. The Labute approximate surface area is 179 Å². The van der Waals surface area contributed by atoms with Crippen molar-refractivity contribution >= 4 is 38.7 Å². The van der Waals surface area contributed by atoms with Crippen LogP contribution >= 0.6 is 15.9 Å². The number of anilines is 1. The Morgan fingerprint density at radius 1 is 1.27 bits per heavy atom. The molecule has 7 nitrogen and oxygen atoms in total. The Morgan fingerprint density at radius 3 is 2.87 bits per heavy atom. The van der Waals surface area contributed by atoms with Crippen LogP contribution in [0.3, 0.4) is 0 Å². The second-order valence-electron chi connectivity index (χ2n) is 6.48. The molecule has 3 heterocycles. The van der Waals surface area contributed by atoms with Crippen LogP contribution in [0.2, 0.25) is 0 Å². The molecule has 0 spiro atoms. The molecule has 0 aliphatic carbocycles. The molecule has 4 rings (SSSR count). The fourth-order valence-electron chi connectivity index (χ4n) is 3.02. The lowest BCUT2D eigenvalue weighted by atomic mass is 10.2. The third-order valence-electron chi connectivity index (χ3n) is 4.35. The second-order valence-corrected chi connectivity index (χ2v) is 7.34. The van der Waals surface area contributed by atoms with Gasteiger partial charge in [0.15, 0.2) is 5.65 Å². The van der Waals surface area contributed by atoms with E-state index in [0.29, 0.717) is 50.6 Å². The van der Waals surface area contributed by atoms with Crippen molar-refractivity contribution in [3.63, 3.8) is 0 Å². The summed E-state index contributed by atoms with van der Waals surface area (Å²) in [5.41, 5.74) is 2.87. The molecule has 0 bridgehead atoms. The zero-order chi connectivity index (χ0) is 21.3. The zero-order valence-electron chi connectivity index (χ0n) is 16.2. The lowest BCUT2D eigenvalue weighted by Crippen LogP contribution is -2.15. The van der Waals surface area contributed by atoms with Crippen molar-refractivity contribution in [2.75, 3.05) is 11.9 Å². The highest BCUT2D eigenvalue weighted by atomic mass is 79.9. The molecule has 2 N–H and O–H groups in total. The third kappa shape index (κ3) is 3.88. The van der Waals surface area contributed by atoms with Crippen LogP contribution in [0, 0.1) is 12.7 Å². The van der Waals surface area contributed by atoms with E-state index in [2.05, 4.69) is 41.2 Å². The van der Waals surface area contributed by atoms with Crippen molar-refractivity contribution in [1.82, 2.24) is 19.9 Å². The van der Waals surface area contributed by atoms with Crippen LogP contribution < -0.4 is 10.1 Å². The highest BCUT2D eigenvalue weighted by Gasteiger charge is 2.20. The van der Waals surface area contributed by atoms with Gasteiger partial charge in [-0.3, -0.25) is 9.78 Å². The number of amides is 1. The molecule has 1 aromatic carbocycles.